The predicted octanol–water partition coefficient (Wildman–Crippen LogP) is 3.65. The summed E-state index contributed by atoms with van der Waals surface area (Å²) in [5, 5.41) is 24.1. The van der Waals surface area contributed by atoms with Gasteiger partial charge < -0.3 is 16.0 Å². The van der Waals surface area contributed by atoms with E-state index in [0.717, 1.165) is 36.7 Å². The molecular formula is C24H23N7. The Morgan fingerprint density at radius 1 is 1.10 bits per heavy atom. The average molecular weight is 409 g/mol. The largest absolute Gasteiger partial charge is 0.366 e. The number of anilines is 2. The number of nitriles is 1. The molecule has 1 aliphatic rings. The molecule has 154 valence electrons. The molecule has 3 heterocycles. The third-order valence-electron chi connectivity index (χ3n) is 5.54. The minimum Gasteiger partial charge on any atom is -0.366 e. The van der Waals surface area contributed by atoms with Crippen LogP contribution in [0.5, 0.6) is 0 Å². The van der Waals surface area contributed by atoms with Crippen LogP contribution in [0.1, 0.15) is 17.5 Å². The summed E-state index contributed by atoms with van der Waals surface area (Å²) in [7, 11) is 0. The molecule has 0 bridgehead atoms. The van der Waals surface area contributed by atoms with Crippen LogP contribution in [0.4, 0.5) is 11.6 Å². The van der Waals surface area contributed by atoms with E-state index in [4.69, 9.17) is 0 Å². The number of fused-ring (bicyclic) bond motifs is 1. The Bertz CT molecular complexity index is 1220. The van der Waals surface area contributed by atoms with Crippen LogP contribution in [0, 0.1) is 11.3 Å². The first kappa shape index (κ1) is 19.1. The molecule has 0 saturated carbocycles. The first-order chi connectivity index (χ1) is 15.3. The van der Waals surface area contributed by atoms with Gasteiger partial charge in [0.15, 0.2) is 5.65 Å². The monoisotopic (exact) mass is 409 g/mol. The van der Waals surface area contributed by atoms with Crippen LogP contribution in [0.25, 0.3) is 16.8 Å². The van der Waals surface area contributed by atoms with Crippen molar-refractivity contribution >= 4 is 17.3 Å². The van der Waals surface area contributed by atoms with E-state index in [9.17, 15) is 5.26 Å². The summed E-state index contributed by atoms with van der Waals surface area (Å²) in [6.07, 6.45) is 2.61. The lowest BCUT2D eigenvalue weighted by molar-refractivity contribution is 0.786. The van der Waals surface area contributed by atoms with E-state index in [1.54, 1.807) is 10.7 Å². The SMILES string of the molecule is N#Cc1cnn2c(NCc3ccc(-c4ccccc4)cc3)cc(N[C@H]3CCNC3)nc12. The maximum absolute atomic E-state index is 9.42. The van der Waals surface area contributed by atoms with E-state index >= 15 is 0 Å². The molecule has 1 saturated heterocycles. The van der Waals surface area contributed by atoms with Gasteiger partial charge >= 0.3 is 0 Å². The van der Waals surface area contributed by atoms with E-state index in [2.05, 4.69) is 68.5 Å². The Labute approximate surface area is 180 Å². The molecule has 7 nitrogen and oxygen atoms in total. The highest BCUT2D eigenvalue weighted by Crippen LogP contribution is 2.22. The maximum Gasteiger partial charge on any atom is 0.177 e. The van der Waals surface area contributed by atoms with E-state index in [0.29, 0.717) is 23.8 Å². The van der Waals surface area contributed by atoms with Gasteiger partial charge in [0.05, 0.1) is 6.20 Å². The van der Waals surface area contributed by atoms with Gasteiger partial charge in [-0.3, -0.25) is 0 Å². The number of nitrogens with one attached hydrogen (secondary N) is 3. The molecule has 3 N–H and O–H groups in total. The number of nitrogens with zero attached hydrogens (tertiary/aromatic N) is 4. The second kappa shape index (κ2) is 8.46. The number of rotatable bonds is 6. The highest BCUT2D eigenvalue weighted by atomic mass is 15.3. The Morgan fingerprint density at radius 2 is 1.90 bits per heavy atom. The molecule has 7 heteroatoms. The van der Waals surface area contributed by atoms with Gasteiger partial charge in [-0.1, -0.05) is 54.6 Å². The molecule has 4 aromatic rings. The maximum atomic E-state index is 9.42. The van der Waals surface area contributed by atoms with Crippen molar-refractivity contribution in [1.29, 1.82) is 5.26 Å². The summed E-state index contributed by atoms with van der Waals surface area (Å²) >= 11 is 0. The molecule has 0 radical (unpaired) electrons. The van der Waals surface area contributed by atoms with E-state index < -0.39 is 0 Å². The summed E-state index contributed by atoms with van der Waals surface area (Å²) in [4.78, 5) is 4.63. The predicted molar refractivity (Wildman–Crippen MR) is 122 cm³/mol. The number of hydrogen-bond acceptors (Lipinski definition) is 6. The van der Waals surface area contributed by atoms with Gasteiger partial charge in [0.2, 0.25) is 0 Å². The Hall–Kier alpha value is -3.89. The van der Waals surface area contributed by atoms with Gasteiger partial charge in [0.1, 0.15) is 23.3 Å². The normalized spacial score (nSPS) is 15.6. The zero-order valence-corrected chi connectivity index (χ0v) is 17.0. The fraction of sp³-hybridized carbons (Fsp3) is 0.208. The third kappa shape index (κ3) is 4.06. The Kier molecular flexibility index (Phi) is 5.21. The lowest BCUT2D eigenvalue weighted by Crippen LogP contribution is -2.23. The van der Waals surface area contributed by atoms with Gasteiger partial charge in [-0.05, 0) is 29.7 Å². The fourth-order valence-corrected chi connectivity index (χ4v) is 3.87. The molecule has 31 heavy (non-hydrogen) atoms. The topological polar surface area (TPSA) is 90.1 Å². The van der Waals surface area contributed by atoms with Crippen molar-refractivity contribution in [2.75, 3.05) is 23.7 Å². The molecule has 1 atom stereocenters. The summed E-state index contributed by atoms with van der Waals surface area (Å²) in [6.45, 7) is 2.55. The molecule has 0 aliphatic carbocycles. The molecule has 0 spiro atoms. The van der Waals surface area contributed by atoms with Crippen molar-refractivity contribution in [3.63, 3.8) is 0 Å². The average Bonchev–Trinajstić information content (AvgIpc) is 3.48. The van der Waals surface area contributed by atoms with Crippen molar-refractivity contribution in [2.24, 2.45) is 0 Å². The van der Waals surface area contributed by atoms with Crippen LogP contribution in [0.2, 0.25) is 0 Å². The standard InChI is InChI=1S/C24H23N7/c25-13-20-15-28-31-23(12-22(30-24(20)31)29-21-10-11-26-16-21)27-14-17-6-8-19(9-7-17)18-4-2-1-3-5-18/h1-9,12,15,21,26-27H,10-11,14,16H2,(H,29,30)/t21-/m0/s1. The number of hydrogen-bond donors (Lipinski definition) is 3. The first-order valence-electron chi connectivity index (χ1n) is 10.4. The number of benzene rings is 2. The van der Waals surface area contributed by atoms with Gasteiger partial charge in [-0.2, -0.15) is 14.9 Å². The Balaban J connectivity index is 1.38. The van der Waals surface area contributed by atoms with Gasteiger partial charge in [0, 0.05) is 25.2 Å². The Morgan fingerprint density at radius 3 is 2.65 bits per heavy atom. The second-order valence-electron chi connectivity index (χ2n) is 7.68. The molecule has 0 amide bonds. The van der Waals surface area contributed by atoms with Crippen molar-refractivity contribution < 1.29 is 0 Å². The molecule has 2 aromatic heterocycles. The molecule has 5 rings (SSSR count). The second-order valence-corrected chi connectivity index (χ2v) is 7.68. The summed E-state index contributed by atoms with van der Waals surface area (Å²) in [6, 6.07) is 23.3. The number of aromatic nitrogens is 3. The van der Waals surface area contributed by atoms with E-state index in [-0.39, 0.29) is 0 Å². The lowest BCUT2D eigenvalue weighted by atomic mass is 10.0. The quantitative estimate of drug-likeness (QED) is 0.450. The highest BCUT2D eigenvalue weighted by Gasteiger charge is 2.17. The minimum atomic E-state index is 0.335. The van der Waals surface area contributed by atoms with Crippen molar-refractivity contribution in [2.45, 2.75) is 19.0 Å². The van der Waals surface area contributed by atoms with Crippen LogP contribution in [-0.4, -0.2) is 33.7 Å². The molecule has 2 aromatic carbocycles. The summed E-state index contributed by atoms with van der Waals surface area (Å²) < 4.78 is 1.69. The minimum absolute atomic E-state index is 0.335. The van der Waals surface area contributed by atoms with Crippen LogP contribution < -0.4 is 16.0 Å². The zero-order chi connectivity index (χ0) is 21.0. The van der Waals surface area contributed by atoms with Crippen molar-refractivity contribution in [3.05, 3.63) is 78.0 Å². The summed E-state index contributed by atoms with van der Waals surface area (Å²) in [5.74, 6) is 1.55. The van der Waals surface area contributed by atoms with Gasteiger partial charge in [-0.15, -0.1) is 0 Å². The van der Waals surface area contributed by atoms with Crippen LogP contribution in [-0.2, 0) is 6.54 Å². The third-order valence-corrected chi connectivity index (χ3v) is 5.54. The van der Waals surface area contributed by atoms with E-state index in [1.165, 1.54) is 11.1 Å². The zero-order valence-electron chi connectivity index (χ0n) is 17.0. The molecule has 1 fully saturated rings. The van der Waals surface area contributed by atoms with Crippen LogP contribution in [0.15, 0.2) is 66.9 Å². The van der Waals surface area contributed by atoms with Crippen LogP contribution >= 0.6 is 0 Å². The molecule has 0 unspecified atom stereocenters. The molecule has 1 aliphatic heterocycles. The van der Waals surface area contributed by atoms with Crippen molar-refractivity contribution in [3.8, 4) is 17.2 Å². The van der Waals surface area contributed by atoms with Crippen molar-refractivity contribution in [1.82, 2.24) is 19.9 Å². The van der Waals surface area contributed by atoms with Crippen LogP contribution in [0.3, 0.4) is 0 Å². The lowest BCUT2D eigenvalue weighted by Gasteiger charge is -2.15. The first-order valence-corrected chi connectivity index (χ1v) is 10.4. The smallest absolute Gasteiger partial charge is 0.177 e. The fourth-order valence-electron chi connectivity index (χ4n) is 3.87. The van der Waals surface area contributed by atoms with E-state index in [1.807, 2.05) is 24.3 Å². The highest BCUT2D eigenvalue weighted by molar-refractivity contribution is 5.65. The summed E-state index contributed by atoms with van der Waals surface area (Å²) in [5.41, 5.74) is 4.57. The van der Waals surface area contributed by atoms with Gasteiger partial charge in [0.25, 0.3) is 0 Å². The van der Waals surface area contributed by atoms with Gasteiger partial charge in [-0.25, -0.2) is 4.98 Å². The molecular weight excluding hydrogens is 386 g/mol.